The Bertz CT molecular complexity index is 983. The molecule has 0 spiro atoms. The van der Waals surface area contributed by atoms with E-state index in [0.29, 0.717) is 28.7 Å². The fourth-order valence-electron chi connectivity index (χ4n) is 3.51. The molecule has 1 saturated heterocycles. The molecule has 28 heavy (non-hydrogen) atoms. The molecule has 1 aromatic carbocycles. The molecule has 3 heterocycles. The molecule has 0 aliphatic carbocycles. The zero-order chi connectivity index (χ0) is 19.1. The molecule has 1 atom stereocenters. The zero-order valence-corrected chi connectivity index (χ0v) is 16.1. The third-order valence-corrected chi connectivity index (χ3v) is 5.20. The molecule has 0 radical (unpaired) electrons. The lowest BCUT2D eigenvalue weighted by Crippen LogP contribution is -2.52. The first-order valence-electron chi connectivity index (χ1n) is 8.47. The third kappa shape index (κ3) is 3.36. The summed E-state index contributed by atoms with van der Waals surface area (Å²) in [6.45, 7) is 0.227. The topological polar surface area (TPSA) is 79.4 Å². The van der Waals surface area contributed by atoms with Gasteiger partial charge in [0, 0.05) is 35.9 Å². The van der Waals surface area contributed by atoms with E-state index in [1.807, 2.05) is 0 Å². The van der Waals surface area contributed by atoms with Gasteiger partial charge in [-0.05, 0) is 30.2 Å². The maximum absolute atomic E-state index is 14.5. The van der Waals surface area contributed by atoms with Crippen LogP contribution in [-0.4, -0.2) is 33.6 Å². The van der Waals surface area contributed by atoms with E-state index in [1.165, 1.54) is 17.2 Å². The molecule has 1 unspecified atom stereocenters. The molecule has 2 aliphatic heterocycles. The Kier molecular flexibility index (Phi) is 5.67. The normalized spacial score (nSPS) is 18.6. The standard InChI is InChI=1S/C19H15ClFN3O3.ClH/c20-8-11-5-6-22-17(16(11)21)10-1-2-13-12(7-10)9-24(19(13)27)14-3-4-15(25)23-18(14)26;/h1-2,5-7,14H,3-4,8-9H2,(H,23,25,26);1H. The quantitative estimate of drug-likeness (QED) is 0.607. The van der Waals surface area contributed by atoms with Gasteiger partial charge in [-0.2, -0.15) is 0 Å². The maximum Gasteiger partial charge on any atom is 0.255 e. The van der Waals surface area contributed by atoms with Crippen molar-refractivity contribution in [1.82, 2.24) is 15.2 Å². The first kappa shape index (κ1) is 20.2. The van der Waals surface area contributed by atoms with Crippen LogP contribution in [0.2, 0.25) is 0 Å². The monoisotopic (exact) mass is 423 g/mol. The van der Waals surface area contributed by atoms with Crippen molar-refractivity contribution >= 4 is 41.7 Å². The van der Waals surface area contributed by atoms with Gasteiger partial charge in [0.25, 0.3) is 5.91 Å². The molecule has 0 saturated carbocycles. The highest BCUT2D eigenvalue weighted by molar-refractivity contribution is 6.17. The number of amides is 3. The molecule has 1 aromatic heterocycles. The van der Waals surface area contributed by atoms with Crippen LogP contribution in [0.4, 0.5) is 4.39 Å². The number of imide groups is 1. The number of carbonyl (C=O) groups excluding carboxylic acids is 3. The molecular formula is C19H16Cl2FN3O3. The molecule has 2 aromatic rings. The van der Waals surface area contributed by atoms with E-state index in [-0.39, 0.29) is 48.8 Å². The second-order valence-electron chi connectivity index (χ2n) is 6.54. The molecule has 1 N–H and O–H groups in total. The molecule has 3 amide bonds. The Morgan fingerprint density at radius 3 is 2.75 bits per heavy atom. The van der Waals surface area contributed by atoms with Crippen molar-refractivity contribution in [1.29, 1.82) is 0 Å². The van der Waals surface area contributed by atoms with Crippen molar-refractivity contribution in [3.05, 3.63) is 53.0 Å². The lowest BCUT2D eigenvalue weighted by Gasteiger charge is -2.29. The van der Waals surface area contributed by atoms with E-state index < -0.39 is 17.8 Å². The minimum absolute atomic E-state index is 0. The predicted molar refractivity (Wildman–Crippen MR) is 102 cm³/mol. The minimum Gasteiger partial charge on any atom is -0.322 e. The summed E-state index contributed by atoms with van der Waals surface area (Å²) >= 11 is 5.75. The number of carbonyl (C=O) groups is 3. The number of pyridine rings is 1. The largest absolute Gasteiger partial charge is 0.322 e. The Morgan fingerprint density at radius 1 is 1.25 bits per heavy atom. The van der Waals surface area contributed by atoms with Crippen LogP contribution in [0, 0.1) is 5.82 Å². The van der Waals surface area contributed by atoms with E-state index in [2.05, 4.69) is 10.3 Å². The Balaban J connectivity index is 0.00000225. The number of hydrogen-bond acceptors (Lipinski definition) is 4. The number of piperidine rings is 1. The fraction of sp³-hybridized carbons (Fsp3) is 0.263. The number of halogens is 3. The van der Waals surface area contributed by atoms with Crippen molar-refractivity contribution < 1.29 is 18.8 Å². The van der Waals surface area contributed by atoms with Crippen LogP contribution in [0.25, 0.3) is 11.3 Å². The summed E-state index contributed by atoms with van der Waals surface area (Å²) in [6, 6.07) is 5.80. The zero-order valence-electron chi connectivity index (χ0n) is 14.6. The molecule has 2 aliphatic rings. The highest BCUT2D eigenvalue weighted by Gasteiger charge is 2.39. The van der Waals surface area contributed by atoms with Crippen LogP contribution in [-0.2, 0) is 22.0 Å². The summed E-state index contributed by atoms with van der Waals surface area (Å²) in [6.07, 6.45) is 1.98. The van der Waals surface area contributed by atoms with E-state index in [1.54, 1.807) is 18.2 Å². The molecule has 4 rings (SSSR count). The Labute approximate surface area is 171 Å². The number of hydrogen-bond donors (Lipinski definition) is 1. The molecule has 6 nitrogen and oxygen atoms in total. The van der Waals surface area contributed by atoms with Crippen LogP contribution >= 0.6 is 24.0 Å². The van der Waals surface area contributed by atoms with Gasteiger partial charge >= 0.3 is 0 Å². The highest BCUT2D eigenvalue weighted by Crippen LogP contribution is 2.32. The minimum atomic E-state index is -0.680. The molecule has 146 valence electrons. The number of aromatic nitrogens is 1. The molecule has 9 heteroatoms. The van der Waals surface area contributed by atoms with Gasteiger partial charge in [-0.15, -0.1) is 24.0 Å². The average Bonchev–Trinajstić information content (AvgIpc) is 2.98. The second-order valence-corrected chi connectivity index (χ2v) is 6.81. The van der Waals surface area contributed by atoms with Gasteiger partial charge in [0.05, 0.1) is 5.88 Å². The number of fused-ring (bicyclic) bond motifs is 1. The molecular weight excluding hydrogens is 408 g/mol. The molecule has 0 bridgehead atoms. The number of benzene rings is 1. The van der Waals surface area contributed by atoms with E-state index in [0.717, 1.165) is 0 Å². The van der Waals surface area contributed by atoms with Gasteiger partial charge in [-0.25, -0.2) is 4.39 Å². The lowest BCUT2D eigenvalue weighted by atomic mass is 10.0. The highest BCUT2D eigenvalue weighted by atomic mass is 35.5. The van der Waals surface area contributed by atoms with E-state index >= 15 is 0 Å². The van der Waals surface area contributed by atoms with Crippen LogP contribution < -0.4 is 5.32 Å². The van der Waals surface area contributed by atoms with Gasteiger partial charge in [0.15, 0.2) is 5.82 Å². The third-order valence-electron chi connectivity index (χ3n) is 4.91. The van der Waals surface area contributed by atoms with E-state index in [4.69, 9.17) is 11.6 Å². The van der Waals surface area contributed by atoms with Crippen LogP contribution in [0.1, 0.15) is 34.3 Å². The summed E-state index contributed by atoms with van der Waals surface area (Å²) < 4.78 is 14.5. The predicted octanol–water partition coefficient (Wildman–Crippen LogP) is 2.81. The summed E-state index contributed by atoms with van der Waals surface area (Å²) in [7, 11) is 0. The lowest BCUT2D eigenvalue weighted by molar-refractivity contribution is -0.136. The molecule has 1 fully saturated rings. The number of alkyl halides is 1. The van der Waals surface area contributed by atoms with Crippen LogP contribution in [0.15, 0.2) is 30.5 Å². The first-order valence-corrected chi connectivity index (χ1v) is 9.00. The van der Waals surface area contributed by atoms with Gasteiger partial charge in [0.1, 0.15) is 11.7 Å². The van der Waals surface area contributed by atoms with E-state index in [9.17, 15) is 18.8 Å². The van der Waals surface area contributed by atoms with Crippen molar-refractivity contribution in [3.8, 4) is 11.3 Å². The SMILES string of the molecule is Cl.O=C1CCC(N2Cc3cc(-c4nccc(CCl)c4F)ccc3C2=O)C(=O)N1. The Hall–Kier alpha value is -2.51. The average molecular weight is 424 g/mol. The summed E-state index contributed by atoms with van der Waals surface area (Å²) in [5, 5.41) is 2.27. The van der Waals surface area contributed by atoms with Crippen LogP contribution in [0.5, 0.6) is 0 Å². The van der Waals surface area contributed by atoms with Crippen molar-refractivity contribution in [2.75, 3.05) is 0 Å². The van der Waals surface area contributed by atoms with Gasteiger partial charge in [-0.1, -0.05) is 6.07 Å². The van der Waals surface area contributed by atoms with Crippen LogP contribution in [0.3, 0.4) is 0 Å². The smallest absolute Gasteiger partial charge is 0.255 e. The first-order chi connectivity index (χ1) is 13.0. The number of nitrogens with zero attached hydrogens (tertiary/aromatic N) is 2. The Morgan fingerprint density at radius 2 is 2.04 bits per heavy atom. The van der Waals surface area contributed by atoms with Crippen molar-refractivity contribution in [2.24, 2.45) is 0 Å². The van der Waals surface area contributed by atoms with Gasteiger partial charge in [-0.3, -0.25) is 24.7 Å². The van der Waals surface area contributed by atoms with Gasteiger partial charge in [0.2, 0.25) is 11.8 Å². The maximum atomic E-state index is 14.5. The summed E-state index contributed by atoms with van der Waals surface area (Å²) in [5.74, 6) is -1.51. The summed E-state index contributed by atoms with van der Waals surface area (Å²) in [4.78, 5) is 41.7. The number of rotatable bonds is 3. The number of nitrogens with one attached hydrogen (secondary N) is 1. The van der Waals surface area contributed by atoms with Crippen molar-refractivity contribution in [2.45, 2.75) is 31.3 Å². The second kappa shape index (κ2) is 7.85. The fourth-order valence-corrected chi connectivity index (χ4v) is 3.72. The summed E-state index contributed by atoms with van der Waals surface area (Å²) in [5.41, 5.74) is 2.22. The van der Waals surface area contributed by atoms with Gasteiger partial charge < -0.3 is 4.90 Å². The van der Waals surface area contributed by atoms with Crippen molar-refractivity contribution in [3.63, 3.8) is 0 Å².